The Kier molecular flexibility index (Phi) is 4.81. The number of ether oxygens (including phenoxy) is 2. The van der Waals surface area contributed by atoms with Crippen LogP contribution in [0.5, 0.6) is 11.5 Å². The Morgan fingerprint density at radius 2 is 2.25 bits per heavy atom. The molecule has 3 N–H and O–H groups in total. The lowest BCUT2D eigenvalue weighted by Gasteiger charge is -2.13. The van der Waals surface area contributed by atoms with E-state index >= 15 is 0 Å². The van der Waals surface area contributed by atoms with Gasteiger partial charge in [-0.1, -0.05) is 0 Å². The van der Waals surface area contributed by atoms with Crippen molar-refractivity contribution in [2.75, 3.05) is 20.8 Å². The molecule has 1 aliphatic rings. The zero-order chi connectivity index (χ0) is 14.5. The van der Waals surface area contributed by atoms with E-state index in [1.54, 1.807) is 20.3 Å². The molecule has 1 aromatic rings. The van der Waals surface area contributed by atoms with Gasteiger partial charge in [0.25, 0.3) is 0 Å². The zero-order valence-electron chi connectivity index (χ0n) is 11.7. The third kappa shape index (κ3) is 3.40. The van der Waals surface area contributed by atoms with Crippen molar-refractivity contribution < 1.29 is 19.4 Å². The summed E-state index contributed by atoms with van der Waals surface area (Å²) in [5.74, 6) is 1.26. The Bertz CT molecular complexity index is 478. The van der Waals surface area contributed by atoms with Crippen LogP contribution in [0.4, 0.5) is 0 Å². The summed E-state index contributed by atoms with van der Waals surface area (Å²) in [6.07, 6.45) is 0.00671. The number of amides is 1. The van der Waals surface area contributed by atoms with Crippen LogP contribution in [-0.4, -0.2) is 43.9 Å². The van der Waals surface area contributed by atoms with E-state index in [-0.39, 0.29) is 11.9 Å². The van der Waals surface area contributed by atoms with Gasteiger partial charge < -0.3 is 25.2 Å². The van der Waals surface area contributed by atoms with Gasteiger partial charge in [-0.25, -0.2) is 0 Å². The van der Waals surface area contributed by atoms with Crippen molar-refractivity contribution in [2.45, 2.75) is 25.1 Å². The van der Waals surface area contributed by atoms with Gasteiger partial charge in [0, 0.05) is 24.7 Å². The summed E-state index contributed by atoms with van der Waals surface area (Å²) in [6, 6.07) is 5.13. The highest BCUT2D eigenvalue weighted by molar-refractivity contribution is 5.82. The number of aliphatic hydroxyl groups is 1. The lowest BCUT2D eigenvalue weighted by molar-refractivity contribution is -0.123. The van der Waals surface area contributed by atoms with E-state index in [0.29, 0.717) is 31.0 Å². The zero-order valence-corrected chi connectivity index (χ0v) is 11.7. The summed E-state index contributed by atoms with van der Waals surface area (Å²) in [5.41, 5.74) is 0.875. The second-order valence-electron chi connectivity index (χ2n) is 4.75. The van der Waals surface area contributed by atoms with Crippen molar-refractivity contribution in [1.29, 1.82) is 0 Å². The molecule has 0 saturated carbocycles. The number of aliphatic hydroxyl groups excluding tert-OH is 1. The summed E-state index contributed by atoms with van der Waals surface area (Å²) >= 11 is 0. The molecule has 1 saturated heterocycles. The Balaban J connectivity index is 1.95. The molecular weight excluding hydrogens is 260 g/mol. The average Bonchev–Trinajstić information content (AvgIpc) is 2.91. The first-order valence-corrected chi connectivity index (χ1v) is 6.54. The summed E-state index contributed by atoms with van der Waals surface area (Å²) in [4.78, 5) is 11.9. The van der Waals surface area contributed by atoms with Gasteiger partial charge in [0.2, 0.25) is 5.91 Å². The van der Waals surface area contributed by atoms with Crippen LogP contribution >= 0.6 is 0 Å². The smallest absolute Gasteiger partial charge is 0.237 e. The molecule has 1 aromatic carbocycles. The number of benzene rings is 1. The van der Waals surface area contributed by atoms with Crippen LogP contribution in [0.25, 0.3) is 0 Å². The molecule has 1 heterocycles. The highest BCUT2D eigenvalue weighted by Crippen LogP contribution is 2.24. The van der Waals surface area contributed by atoms with Gasteiger partial charge in [0.1, 0.15) is 11.5 Å². The lowest BCUT2D eigenvalue weighted by Crippen LogP contribution is -2.40. The average molecular weight is 280 g/mol. The van der Waals surface area contributed by atoms with E-state index in [4.69, 9.17) is 9.47 Å². The predicted octanol–water partition coefficient (Wildman–Crippen LogP) is 0.0428. The molecule has 0 aromatic heterocycles. The van der Waals surface area contributed by atoms with Gasteiger partial charge in [0.05, 0.1) is 26.4 Å². The second kappa shape index (κ2) is 6.58. The van der Waals surface area contributed by atoms with Gasteiger partial charge in [-0.2, -0.15) is 0 Å². The van der Waals surface area contributed by atoms with Crippen LogP contribution in [-0.2, 0) is 11.3 Å². The van der Waals surface area contributed by atoms with Gasteiger partial charge in [-0.05, 0) is 18.6 Å². The number of β-amino-alcohol motifs (C(OH)–C–C–N with tert-alkyl or cyclic N) is 1. The lowest BCUT2D eigenvalue weighted by atomic mass is 10.1. The molecular formula is C14H20N2O4. The number of carbonyl (C=O) groups is 1. The minimum atomic E-state index is -0.443. The maximum absolute atomic E-state index is 11.9. The molecule has 6 heteroatoms. The van der Waals surface area contributed by atoms with Crippen LogP contribution in [0.2, 0.25) is 0 Å². The van der Waals surface area contributed by atoms with Crippen LogP contribution in [0.3, 0.4) is 0 Å². The Hall–Kier alpha value is -1.79. The number of hydrogen-bond acceptors (Lipinski definition) is 5. The standard InChI is InChI=1S/C14H20N2O4/c1-19-11-4-3-9(13(6-11)20-2)7-16-14(18)12-5-10(17)8-15-12/h3-4,6,10,12,15,17H,5,7-8H2,1-2H3,(H,16,18). The summed E-state index contributed by atoms with van der Waals surface area (Å²) < 4.78 is 10.4. The molecule has 6 nitrogen and oxygen atoms in total. The minimum Gasteiger partial charge on any atom is -0.497 e. The van der Waals surface area contributed by atoms with Gasteiger partial charge >= 0.3 is 0 Å². The molecule has 0 bridgehead atoms. The molecule has 0 spiro atoms. The molecule has 1 fully saturated rings. The molecule has 1 amide bonds. The molecule has 0 aliphatic carbocycles. The quantitative estimate of drug-likeness (QED) is 0.710. The molecule has 2 atom stereocenters. The summed E-state index contributed by atoms with van der Waals surface area (Å²) in [6.45, 7) is 0.838. The van der Waals surface area contributed by atoms with Crippen molar-refractivity contribution in [3.63, 3.8) is 0 Å². The van der Waals surface area contributed by atoms with Crippen molar-refractivity contribution in [3.05, 3.63) is 23.8 Å². The number of carbonyl (C=O) groups excluding carboxylic acids is 1. The molecule has 2 unspecified atom stereocenters. The third-order valence-corrected chi connectivity index (χ3v) is 3.37. The first-order valence-electron chi connectivity index (χ1n) is 6.54. The fourth-order valence-corrected chi connectivity index (χ4v) is 2.22. The Labute approximate surface area is 118 Å². The normalized spacial score (nSPS) is 21.6. The minimum absolute atomic E-state index is 0.112. The van der Waals surface area contributed by atoms with E-state index in [1.165, 1.54) is 0 Å². The van der Waals surface area contributed by atoms with Crippen molar-refractivity contribution >= 4 is 5.91 Å². The van der Waals surface area contributed by atoms with Crippen molar-refractivity contribution in [2.24, 2.45) is 0 Å². The van der Waals surface area contributed by atoms with Crippen molar-refractivity contribution in [1.82, 2.24) is 10.6 Å². The molecule has 110 valence electrons. The van der Waals surface area contributed by atoms with E-state index in [2.05, 4.69) is 10.6 Å². The monoisotopic (exact) mass is 280 g/mol. The highest BCUT2D eigenvalue weighted by Gasteiger charge is 2.27. The first kappa shape index (κ1) is 14.6. The largest absolute Gasteiger partial charge is 0.497 e. The predicted molar refractivity (Wildman–Crippen MR) is 73.8 cm³/mol. The molecule has 1 aliphatic heterocycles. The fourth-order valence-electron chi connectivity index (χ4n) is 2.22. The maximum Gasteiger partial charge on any atom is 0.237 e. The van der Waals surface area contributed by atoms with Crippen LogP contribution in [0.1, 0.15) is 12.0 Å². The topological polar surface area (TPSA) is 79.8 Å². The van der Waals surface area contributed by atoms with Crippen LogP contribution in [0, 0.1) is 0 Å². The van der Waals surface area contributed by atoms with Gasteiger partial charge in [-0.3, -0.25) is 4.79 Å². The fraction of sp³-hybridized carbons (Fsp3) is 0.500. The first-order chi connectivity index (χ1) is 9.63. The highest BCUT2D eigenvalue weighted by atomic mass is 16.5. The maximum atomic E-state index is 11.9. The van der Waals surface area contributed by atoms with E-state index < -0.39 is 6.10 Å². The number of nitrogens with one attached hydrogen (secondary N) is 2. The second-order valence-corrected chi connectivity index (χ2v) is 4.75. The van der Waals surface area contributed by atoms with E-state index in [0.717, 1.165) is 5.56 Å². The number of rotatable bonds is 5. The number of hydrogen-bond donors (Lipinski definition) is 3. The van der Waals surface area contributed by atoms with Gasteiger partial charge in [-0.15, -0.1) is 0 Å². The molecule has 0 radical (unpaired) electrons. The Morgan fingerprint density at radius 1 is 1.45 bits per heavy atom. The van der Waals surface area contributed by atoms with E-state index in [1.807, 2.05) is 12.1 Å². The molecule has 20 heavy (non-hydrogen) atoms. The van der Waals surface area contributed by atoms with Crippen LogP contribution < -0.4 is 20.1 Å². The van der Waals surface area contributed by atoms with Crippen LogP contribution in [0.15, 0.2) is 18.2 Å². The summed E-state index contributed by atoms with van der Waals surface area (Å²) in [7, 11) is 3.17. The summed E-state index contributed by atoms with van der Waals surface area (Å²) in [5, 5.41) is 15.2. The Morgan fingerprint density at radius 3 is 2.85 bits per heavy atom. The van der Waals surface area contributed by atoms with Gasteiger partial charge in [0.15, 0.2) is 0 Å². The molecule has 2 rings (SSSR count). The SMILES string of the molecule is COc1ccc(CNC(=O)C2CC(O)CN2)c(OC)c1. The van der Waals surface area contributed by atoms with Crippen molar-refractivity contribution in [3.8, 4) is 11.5 Å². The van der Waals surface area contributed by atoms with E-state index in [9.17, 15) is 9.90 Å². The number of methoxy groups -OCH3 is 2. The third-order valence-electron chi connectivity index (χ3n) is 3.37.